The van der Waals surface area contributed by atoms with E-state index in [2.05, 4.69) is 37.8 Å². The second-order valence-corrected chi connectivity index (χ2v) is 7.36. The van der Waals surface area contributed by atoms with Crippen molar-refractivity contribution in [2.75, 3.05) is 12.3 Å². The highest BCUT2D eigenvalue weighted by Crippen LogP contribution is 2.41. The average Bonchev–Trinajstić information content (AvgIpc) is 2.83. The fraction of sp³-hybridized carbons (Fsp3) is 0.615. The van der Waals surface area contributed by atoms with E-state index in [1.54, 1.807) is 0 Å². The molecule has 1 aromatic rings. The van der Waals surface area contributed by atoms with Crippen molar-refractivity contribution in [3.8, 4) is 0 Å². The van der Waals surface area contributed by atoms with Crippen LogP contribution in [0.1, 0.15) is 35.4 Å². The molecule has 1 aliphatic heterocycles. The normalized spacial score (nSPS) is 20.2. The molecule has 2 rings (SSSR count). The fourth-order valence-electron chi connectivity index (χ4n) is 2.01. The number of amides is 1. The molecular formula is C13H19NOS2. The van der Waals surface area contributed by atoms with E-state index in [1.165, 1.54) is 9.75 Å². The van der Waals surface area contributed by atoms with Crippen molar-refractivity contribution in [2.24, 2.45) is 5.92 Å². The molecule has 1 amide bonds. The first-order chi connectivity index (χ1) is 8.08. The van der Waals surface area contributed by atoms with Gasteiger partial charge in [0.1, 0.15) is 5.37 Å². The molecule has 0 N–H and O–H groups in total. The predicted molar refractivity (Wildman–Crippen MR) is 75.4 cm³/mol. The Bertz CT molecular complexity index is 400. The molecule has 4 heteroatoms. The summed E-state index contributed by atoms with van der Waals surface area (Å²) in [4.78, 5) is 16.9. The van der Waals surface area contributed by atoms with E-state index in [0.717, 1.165) is 12.3 Å². The van der Waals surface area contributed by atoms with Gasteiger partial charge in [-0.25, -0.2) is 0 Å². The maximum atomic E-state index is 12.2. The summed E-state index contributed by atoms with van der Waals surface area (Å²) in [7, 11) is 0. The van der Waals surface area contributed by atoms with Gasteiger partial charge in [-0.1, -0.05) is 13.8 Å². The Morgan fingerprint density at radius 2 is 2.29 bits per heavy atom. The van der Waals surface area contributed by atoms with E-state index in [9.17, 15) is 4.79 Å². The van der Waals surface area contributed by atoms with Crippen molar-refractivity contribution in [1.29, 1.82) is 0 Å². The second-order valence-electron chi connectivity index (χ2n) is 4.86. The lowest BCUT2D eigenvalue weighted by Crippen LogP contribution is -2.30. The Morgan fingerprint density at radius 1 is 1.53 bits per heavy atom. The van der Waals surface area contributed by atoms with Crippen LogP contribution in [0.5, 0.6) is 0 Å². The molecule has 0 spiro atoms. The summed E-state index contributed by atoms with van der Waals surface area (Å²) in [5.74, 6) is 1.81. The zero-order valence-electron chi connectivity index (χ0n) is 10.6. The highest BCUT2D eigenvalue weighted by Gasteiger charge is 2.31. The summed E-state index contributed by atoms with van der Waals surface area (Å²) < 4.78 is 0. The van der Waals surface area contributed by atoms with Crippen molar-refractivity contribution in [3.05, 3.63) is 21.9 Å². The first-order valence-electron chi connectivity index (χ1n) is 6.05. The van der Waals surface area contributed by atoms with E-state index >= 15 is 0 Å². The molecule has 94 valence electrons. The van der Waals surface area contributed by atoms with Crippen LogP contribution in [0.15, 0.2) is 12.1 Å². The van der Waals surface area contributed by atoms with Crippen LogP contribution in [-0.2, 0) is 4.79 Å². The summed E-state index contributed by atoms with van der Waals surface area (Å²) in [6.45, 7) is 7.22. The topological polar surface area (TPSA) is 20.3 Å². The van der Waals surface area contributed by atoms with Crippen LogP contribution in [0.3, 0.4) is 0 Å². The number of carbonyl (C=O) groups excluding carboxylic acids is 1. The molecule has 2 heterocycles. The standard InChI is InChI=1S/C13H19NOS2/c1-9(2)8-12(15)14-6-7-16-13(14)11-5-4-10(3)17-11/h4-5,9,13H,6-8H2,1-3H3/t13-/m0/s1. The average molecular weight is 269 g/mol. The number of rotatable bonds is 3. The zero-order chi connectivity index (χ0) is 12.4. The quantitative estimate of drug-likeness (QED) is 0.834. The third kappa shape index (κ3) is 3.05. The maximum Gasteiger partial charge on any atom is 0.224 e. The molecule has 0 aliphatic carbocycles. The van der Waals surface area contributed by atoms with Crippen LogP contribution in [0.25, 0.3) is 0 Å². The molecule has 0 unspecified atom stereocenters. The van der Waals surface area contributed by atoms with Crippen molar-refractivity contribution in [2.45, 2.75) is 32.6 Å². The summed E-state index contributed by atoms with van der Waals surface area (Å²) in [6, 6.07) is 4.31. The minimum Gasteiger partial charge on any atom is -0.325 e. The van der Waals surface area contributed by atoms with E-state index in [4.69, 9.17) is 0 Å². The first-order valence-corrected chi connectivity index (χ1v) is 7.92. The van der Waals surface area contributed by atoms with Gasteiger partial charge in [0.15, 0.2) is 0 Å². The molecule has 0 radical (unpaired) electrons. The maximum absolute atomic E-state index is 12.2. The number of hydrogen-bond donors (Lipinski definition) is 0. The Balaban J connectivity index is 2.09. The Kier molecular flexibility index (Phi) is 4.15. The summed E-state index contributed by atoms with van der Waals surface area (Å²) >= 11 is 3.70. The third-order valence-corrected chi connectivity index (χ3v) is 5.24. The minimum absolute atomic E-state index is 0.264. The highest BCUT2D eigenvalue weighted by atomic mass is 32.2. The van der Waals surface area contributed by atoms with Crippen LogP contribution in [0.2, 0.25) is 0 Å². The molecule has 0 bridgehead atoms. The van der Waals surface area contributed by atoms with Gasteiger partial charge in [-0.15, -0.1) is 23.1 Å². The Hall–Kier alpha value is -0.480. The van der Waals surface area contributed by atoms with Gasteiger partial charge < -0.3 is 4.90 Å². The molecule has 17 heavy (non-hydrogen) atoms. The highest BCUT2D eigenvalue weighted by molar-refractivity contribution is 7.99. The van der Waals surface area contributed by atoms with Gasteiger partial charge in [0.2, 0.25) is 5.91 Å². The van der Waals surface area contributed by atoms with Crippen LogP contribution in [0, 0.1) is 12.8 Å². The number of thioether (sulfide) groups is 1. The van der Waals surface area contributed by atoms with E-state index in [-0.39, 0.29) is 5.37 Å². The van der Waals surface area contributed by atoms with Crippen LogP contribution in [-0.4, -0.2) is 23.1 Å². The molecule has 2 nitrogen and oxygen atoms in total. The first kappa shape index (κ1) is 13.0. The largest absolute Gasteiger partial charge is 0.325 e. The van der Waals surface area contributed by atoms with Crippen molar-refractivity contribution >= 4 is 29.0 Å². The van der Waals surface area contributed by atoms with Gasteiger partial charge in [0.25, 0.3) is 0 Å². The van der Waals surface area contributed by atoms with Crippen molar-refractivity contribution in [1.82, 2.24) is 4.90 Å². The van der Waals surface area contributed by atoms with E-state index in [1.807, 2.05) is 23.1 Å². The lowest BCUT2D eigenvalue weighted by molar-refractivity contribution is -0.132. The van der Waals surface area contributed by atoms with Crippen molar-refractivity contribution < 1.29 is 4.79 Å². The number of hydrogen-bond acceptors (Lipinski definition) is 3. The van der Waals surface area contributed by atoms with E-state index < -0.39 is 0 Å². The smallest absolute Gasteiger partial charge is 0.224 e. The number of carbonyl (C=O) groups is 1. The Morgan fingerprint density at radius 3 is 2.88 bits per heavy atom. The Labute approximate surface area is 111 Å². The predicted octanol–water partition coefficient (Wildman–Crippen LogP) is 3.68. The van der Waals surface area contributed by atoms with E-state index in [0.29, 0.717) is 18.2 Å². The lowest BCUT2D eigenvalue weighted by Gasteiger charge is -2.23. The molecule has 1 fully saturated rings. The van der Waals surface area contributed by atoms with Gasteiger partial charge in [-0.3, -0.25) is 4.79 Å². The molecule has 1 aliphatic rings. The van der Waals surface area contributed by atoms with Crippen LogP contribution < -0.4 is 0 Å². The molecule has 0 saturated carbocycles. The monoisotopic (exact) mass is 269 g/mol. The van der Waals surface area contributed by atoms with Gasteiger partial charge >= 0.3 is 0 Å². The molecule has 1 saturated heterocycles. The second kappa shape index (κ2) is 5.44. The lowest BCUT2D eigenvalue weighted by atomic mass is 10.1. The summed E-state index contributed by atoms with van der Waals surface area (Å²) in [6.07, 6.45) is 0.668. The van der Waals surface area contributed by atoms with Crippen LogP contribution in [0.4, 0.5) is 0 Å². The third-order valence-electron chi connectivity index (χ3n) is 2.80. The fourth-order valence-corrected chi connectivity index (χ4v) is 4.41. The van der Waals surface area contributed by atoms with Gasteiger partial charge in [0, 0.05) is 28.5 Å². The molecular weight excluding hydrogens is 250 g/mol. The number of nitrogens with zero attached hydrogens (tertiary/aromatic N) is 1. The van der Waals surface area contributed by atoms with Crippen molar-refractivity contribution in [3.63, 3.8) is 0 Å². The minimum atomic E-state index is 0.264. The number of thiophene rings is 1. The molecule has 1 aromatic heterocycles. The SMILES string of the molecule is Cc1ccc([C@@H]2SCCN2C(=O)CC(C)C)s1. The summed E-state index contributed by atoms with van der Waals surface area (Å²) in [5, 5.41) is 0.264. The molecule has 0 aromatic carbocycles. The van der Waals surface area contributed by atoms with Crippen LogP contribution >= 0.6 is 23.1 Å². The van der Waals surface area contributed by atoms with Gasteiger partial charge in [0.05, 0.1) is 0 Å². The zero-order valence-corrected chi connectivity index (χ0v) is 12.2. The summed E-state index contributed by atoms with van der Waals surface area (Å²) in [5.41, 5.74) is 0. The molecule has 1 atom stereocenters. The van der Waals surface area contributed by atoms with Gasteiger partial charge in [-0.2, -0.15) is 0 Å². The van der Waals surface area contributed by atoms with Gasteiger partial charge in [-0.05, 0) is 25.0 Å². The number of aryl methyl sites for hydroxylation is 1.